The number of rotatable bonds is 0. The molecule has 1 aromatic carbocycles. The van der Waals surface area contributed by atoms with Crippen molar-refractivity contribution in [2.24, 2.45) is 11.8 Å². The van der Waals surface area contributed by atoms with Gasteiger partial charge in [-0.25, -0.2) is 0 Å². The lowest BCUT2D eigenvalue weighted by Crippen LogP contribution is -2.44. The van der Waals surface area contributed by atoms with E-state index >= 15 is 0 Å². The molecule has 0 radical (unpaired) electrons. The normalized spacial score (nSPS) is 47.5. The summed E-state index contributed by atoms with van der Waals surface area (Å²) in [5.74, 6) is 0.108. The molecule has 1 saturated carbocycles. The highest BCUT2D eigenvalue weighted by atomic mass is 79.9. The van der Waals surface area contributed by atoms with Gasteiger partial charge in [0.1, 0.15) is 13.5 Å². The molecule has 21 heavy (non-hydrogen) atoms. The Kier molecular flexibility index (Phi) is 3.30. The van der Waals surface area contributed by atoms with Crippen LogP contribution in [-0.4, -0.2) is 13.5 Å². The van der Waals surface area contributed by atoms with Gasteiger partial charge in [0.05, 0.1) is 10.1 Å². The average molecular weight is 447 g/mol. The molecule has 6 heteroatoms. The Morgan fingerprint density at radius 3 is 1.62 bits per heavy atom. The molecule has 0 amide bonds. The highest BCUT2D eigenvalue weighted by molar-refractivity contribution is 9.10. The minimum Gasteiger partial charge on any atom is -0.110 e. The third-order valence-electron chi connectivity index (χ3n) is 5.25. The van der Waals surface area contributed by atoms with Crippen LogP contribution in [0.4, 0.5) is 0 Å². The smallest absolute Gasteiger partial charge is 0.110 e. The number of fused-ring (bicyclic) bond motifs is 6. The van der Waals surface area contributed by atoms with Gasteiger partial charge in [-0.05, 0) is 35.8 Å². The predicted molar refractivity (Wildman–Crippen MR) is 94.2 cm³/mol. The molecule has 1 unspecified atom stereocenters. The molecule has 1 aromatic rings. The van der Waals surface area contributed by atoms with E-state index in [1.165, 1.54) is 11.1 Å². The van der Waals surface area contributed by atoms with Crippen molar-refractivity contribution in [3.63, 3.8) is 0 Å². The molecule has 5 atom stereocenters. The van der Waals surface area contributed by atoms with Gasteiger partial charge < -0.3 is 0 Å². The second-order valence-electron chi connectivity index (χ2n) is 6.02. The first-order valence-corrected chi connectivity index (χ1v) is 9.33. The van der Waals surface area contributed by atoms with Crippen LogP contribution in [0.5, 0.6) is 0 Å². The lowest BCUT2D eigenvalue weighted by Gasteiger charge is -2.40. The van der Waals surface area contributed by atoms with Crippen molar-refractivity contribution in [2.45, 2.75) is 26.4 Å². The van der Waals surface area contributed by atoms with Crippen LogP contribution in [0, 0.1) is 11.8 Å². The number of hydrogen-bond donors (Lipinski definition) is 0. The van der Waals surface area contributed by atoms with E-state index in [1.807, 2.05) is 12.1 Å². The molecule has 4 rings (SSSR count). The molecule has 3 aliphatic carbocycles. The van der Waals surface area contributed by atoms with E-state index in [-0.39, 0.29) is 11.8 Å². The second kappa shape index (κ2) is 4.49. The fourth-order valence-corrected chi connectivity index (χ4v) is 7.93. The van der Waals surface area contributed by atoms with Gasteiger partial charge in [0.15, 0.2) is 0 Å². The Morgan fingerprint density at radius 1 is 0.857 bits per heavy atom. The average Bonchev–Trinajstić information content (AvgIpc) is 2.67. The molecule has 2 bridgehead atoms. The minimum absolute atomic E-state index is 0.0541. The van der Waals surface area contributed by atoms with Crippen LogP contribution in [0.3, 0.4) is 0 Å². The molecule has 0 N–H and O–H groups in total. The number of halogens is 6. The van der Waals surface area contributed by atoms with E-state index in [9.17, 15) is 0 Å². The summed E-state index contributed by atoms with van der Waals surface area (Å²) in [7, 11) is 0. The third kappa shape index (κ3) is 1.53. The molecule has 112 valence electrons. The van der Waals surface area contributed by atoms with Crippen molar-refractivity contribution < 1.29 is 0 Å². The van der Waals surface area contributed by atoms with Gasteiger partial charge in [-0.15, -0.1) is 34.8 Å². The SMILES string of the molecule is ClC1=C(Cl)[C@]2(Cl)[C@@H]3Cc4ccccc4C[C@@H]3[C@@]1(Cl)C2(Cl)Br. The summed E-state index contributed by atoms with van der Waals surface area (Å²) in [5.41, 5.74) is 2.57. The second-order valence-corrected chi connectivity index (χ2v) is 10.2. The molecule has 0 nitrogen and oxygen atoms in total. The third-order valence-corrected chi connectivity index (χ3v) is 10.5. The van der Waals surface area contributed by atoms with Crippen LogP contribution in [0.1, 0.15) is 11.1 Å². The van der Waals surface area contributed by atoms with Crippen LogP contribution in [-0.2, 0) is 12.8 Å². The van der Waals surface area contributed by atoms with E-state index in [2.05, 4.69) is 28.1 Å². The number of hydrogen-bond acceptors (Lipinski definition) is 0. The monoisotopic (exact) mass is 444 g/mol. The van der Waals surface area contributed by atoms with Crippen molar-refractivity contribution in [1.29, 1.82) is 0 Å². The minimum atomic E-state index is -1.08. The van der Waals surface area contributed by atoms with E-state index in [1.54, 1.807) is 0 Å². The van der Waals surface area contributed by atoms with Crippen LogP contribution in [0.15, 0.2) is 34.3 Å². The standard InChI is InChI=1S/C15H10BrCl5/c16-15(21)13(19)9-5-7-3-1-2-4-8(7)6-10(9)14(15,20)12(18)11(13)17/h1-4,9-10H,5-6H2/t9-,10+,13-,14+,15?. The summed E-state index contributed by atoms with van der Waals surface area (Å²) in [6.07, 6.45) is 1.61. The maximum absolute atomic E-state index is 6.93. The van der Waals surface area contributed by atoms with Gasteiger partial charge in [-0.3, -0.25) is 0 Å². The Balaban J connectivity index is 1.94. The molecule has 0 saturated heterocycles. The highest BCUT2D eigenvalue weighted by Gasteiger charge is 2.81. The summed E-state index contributed by atoms with van der Waals surface area (Å²) in [5, 5.41) is 0.765. The van der Waals surface area contributed by atoms with Gasteiger partial charge in [0, 0.05) is 0 Å². The number of allylic oxidation sites excluding steroid dienone is 2. The van der Waals surface area contributed by atoms with E-state index in [4.69, 9.17) is 58.0 Å². The van der Waals surface area contributed by atoms with Crippen molar-refractivity contribution >= 4 is 73.9 Å². The maximum Gasteiger partial charge on any atom is 0.148 e. The van der Waals surface area contributed by atoms with Crippen molar-refractivity contribution in [3.8, 4) is 0 Å². The summed E-state index contributed by atoms with van der Waals surface area (Å²) in [6, 6.07) is 8.33. The van der Waals surface area contributed by atoms with Gasteiger partial charge in [-0.2, -0.15) is 0 Å². The van der Waals surface area contributed by atoms with Gasteiger partial charge in [0.25, 0.3) is 0 Å². The Morgan fingerprint density at radius 2 is 1.24 bits per heavy atom. The molecule has 0 aromatic heterocycles. The van der Waals surface area contributed by atoms with Gasteiger partial charge >= 0.3 is 0 Å². The maximum atomic E-state index is 6.93. The Bertz CT molecular complexity index is 629. The molecule has 0 heterocycles. The first kappa shape index (κ1) is 15.4. The first-order valence-electron chi connectivity index (χ1n) is 6.65. The quantitative estimate of drug-likeness (QED) is 0.427. The summed E-state index contributed by atoms with van der Waals surface area (Å²) < 4.78 is -1.08. The van der Waals surface area contributed by atoms with Crippen LogP contribution >= 0.6 is 73.9 Å². The molecule has 1 fully saturated rings. The van der Waals surface area contributed by atoms with Gasteiger partial charge in [-0.1, -0.05) is 63.4 Å². The fourth-order valence-electron chi connectivity index (χ4n) is 4.20. The first-order chi connectivity index (χ1) is 9.76. The van der Waals surface area contributed by atoms with Crippen molar-refractivity contribution in [1.82, 2.24) is 0 Å². The zero-order chi connectivity index (χ0) is 15.2. The lowest BCUT2D eigenvalue weighted by molar-refractivity contribution is 0.303. The van der Waals surface area contributed by atoms with E-state index in [0.717, 1.165) is 12.8 Å². The largest absolute Gasteiger partial charge is 0.148 e. The van der Waals surface area contributed by atoms with E-state index < -0.39 is 13.5 Å². The van der Waals surface area contributed by atoms with Crippen molar-refractivity contribution in [2.75, 3.05) is 0 Å². The van der Waals surface area contributed by atoms with Crippen LogP contribution in [0.25, 0.3) is 0 Å². The molecule has 3 aliphatic rings. The van der Waals surface area contributed by atoms with Crippen LogP contribution < -0.4 is 0 Å². The van der Waals surface area contributed by atoms with E-state index in [0.29, 0.717) is 10.1 Å². The fraction of sp³-hybridized carbons (Fsp3) is 0.467. The molecular formula is C15H10BrCl5. The predicted octanol–water partition coefficient (Wildman–Crippen LogP) is 6.02. The molecular weight excluding hydrogens is 437 g/mol. The summed E-state index contributed by atoms with van der Waals surface area (Å²) in [6.45, 7) is 0. The molecule has 0 aliphatic heterocycles. The molecule has 0 spiro atoms. The highest BCUT2D eigenvalue weighted by Crippen LogP contribution is 2.78. The van der Waals surface area contributed by atoms with Gasteiger partial charge in [0.2, 0.25) is 0 Å². The van der Waals surface area contributed by atoms with Crippen molar-refractivity contribution in [3.05, 3.63) is 45.5 Å². The number of benzene rings is 1. The zero-order valence-corrected chi connectivity index (χ0v) is 16.0. The Labute approximate surface area is 156 Å². The summed E-state index contributed by atoms with van der Waals surface area (Å²) >= 11 is 37.0. The Hall–Kier alpha value is 0.890. The number of alkyl halides is 4. The van der Waals surface area contributed by atoms with Crippen LogP contribution in [0.2, 0.25) is 0 Å². The zero-order valence-electron chi connectivity index (χ0n) is 10.6. The lowest BCUT2D eigenvalue weighted by atomic mass is 9.70. The topological polar surface area (TPSA) is 0 Å². The summed E-state index contributed by atoms with van der Waals surface area (Å²) in [4.78, 5) is -1.96.